The van der Waals surface area contributed by atoms with E-state index in [1.165, 1.54) is 11.3 Å². The minimum Gasteiger partial charge on any atom is -0.316 e. The lowest BCUT2D eigenvalue weighted by atomic mass is 10.1. The molecule has 2 aromatic carbocycles. The number of rotatable bonds is 4. The van der Waals surface area contributed by atoms with E-state index in [1.807, 2.05) is 54.8 Å². The average molecular weight is 410 g/mol. The number of hydrogen-bond acceptors (Lipinski definition) is 5. The lowest BCUT2D eigenvalue weighted by molar-refractivity contribution is -0.119. The molecule has 2 amide bonds. The zero-order chi connectivity index (χ0) is 19.5. The maximum atomic E-state index is 12.8. The fourth-order valence-corrected chi connectivity index (χ4v) is 4.98. The summed E-state index contributed by atoms with van der Waals surface area (Å²) in [5, 5.41) is 5.38. The third-order valence-electron chi connectivity index (χ3n) is 4.62. The molecular formula is C21H19N3O2S2. The first kappa shape index (κ1) is 18.7. The number of thioether (sulfide) groups is 1. The number of anilines is 1. The van der Waals surface area contributed by atoms with Crippen molar-refractivity contribution in [3.05, 3.63) is 71.1 Å². The molecular weight excluding hydrogens is 390 g/mol. The standard InChI is InChI=1S/C21H19N3O2S2/c1-14-7-5-6-10-16(14)17-11-28-21(22-17)23-19(25)18-12-27-13-24(18)20(26)15-8-3-2-4-9-15/h2-11,18H,12-13H2,1H3,(H,22,23,25)/t18-/m0/s1. The number of amides is 2. The van der Waals surface area contributed by atoms with Crippen LogP contribution in [0.15, 0.2) is 60.0 Å². The van der Waals surface area contributed by atoms with Gasteiger partial charge in [-0.2, -0.15) is 0 Å². The Morgan fingerprint density at radius 3 is 2.64 bits per heavy atom. The van der Waals surface area contributed by atoms with E-state index in [0.717, 1.165) is 16.8 Å². The Kier molecular flexibility index (Phi) is 5.45. The van der Waals surface area contributed by atoms with Gasteiger partial charge in [0.1, 0.15) is 6.04 Å². The van der Waals surface area contributed by atoms with Gasteiger partial charge < -0.3 is 10.2 Å². The maximum Gasteiger partial charge on any atom is 0.255 e. The summed E-state index contributed by atoms with van der Waals surface area (Å²) >= 11 is 2.98. The largest absolute Gasteiger partial charge is 0.316 e. The van der Waals surface area contributed by atoms with Gasteiger partial charge in [0.05, 0.1) is 11.6 Å². The number of benzene rings is 2. The topological polar surface area (TPSA) is 62.3 Å². The van der Waals surface area contributed by atoms with Crippen LogP contribution in [-0.2, 0) is 4.79 Å². The first-order valence-electron chi connectivity index (χ1n) is 8.89. The number of carbonyl (C=O) groups excluding carboxylic acids is 2. The highest BCUT2D eigenvalue weighted by Crippen LogP contribution is 2.29. The summed E-state index contributed by atoms with van der Waals surface area (Å²) in [7, 11) is 0. The fraction of sp³-hybridized carbons (Fsp3) is 0.190. The maximum absolute atomic E-state index is 12.8. The molecule has 0 unspecified atom stereocenters. The van der Waals surface area contributed by atoms with Crippen LogP contribution in [0.2, 0.25) is 0 Å². The molecule has 1 fully saturated rings. The molecule has 2 heterocycles. The van der Waals surface area contributed by atoms with Crippen LogP contribution in [0.25, 0.3) is 11.3 Å². The van der Waals surface area contributed by atoms with Gasteiger partial charge in [-0.05, 0) is 24.6 Å². The number of hydrogen-bond donors (Lipinski definition) is 1. The van der Waals surface area contributed by atoms with Crippen molar-refractivity contribution in [3.63, 3.8) is 0 Å². The van der Waals surface area contributed by atoms with Crippen LogP contribution in [0.3, 0.4) is 0 Å². The van der Waals surface area contributed by atoms with Crippen LogP contribution in [0.5, 0.6) is 0 Å². The van der Waals surface area contributed by atoms with E-state index in [9.17, 15) is 9.59 Å². The Balaban J connectivity index is 1.48. The highest BCUT2D eigenvalue weighted by atomic mass is 32.2. The van der Waals surface area contributed by atoms with Crippen molar-refractivity contribution in [2.75, 3.05) is 16.9 Å². The zero-order valence-corrected chi connectivity index (χ0v) is 16.9. The van der Waals surface area contributed by atoms with E-state index in [4.69, 9.17) is 0 Å². The van der Waals surface area contributed by atoms with E-state index in [2.05, 4.69) is 10.3 Å². The summed E-state index contributed by atoms with van der Waals surface area (Å²) in [5.41, 5.74) is 3.63. The lowest BCUT2D eigenvalue weighted by Crippen LogP contribution is -2.44. The molecule has 0 aliphatic carbocycles. The Hall–Kier alpha value is -2.64. The summed E-state index contributed by atoms with van der Waals surface area (Å²) < 4.78 is 0. The quantitative estimate of drug-likeness (QED) is 0.699. The van der Waals surface area contributed by atoms with Gasteiger partial charge in [0.2, 0.25) is 5.91 Å². The summed E-state index contributed by atoms with van der Waals surface area (Å²) in [6.07, 6.45) is 0. The average Bonchev–Trinajstić information content (AvgIpc) is 3.38. The molecule has 1 aromatic heterocycles. The second-order valence-electron chi connectivity index (χ2n) is 6.50. The number of aromatic nitrogens is 1. The van der Waals surface area contributed by atoms with Crippen molar-refractivity contribution in [3.8, 4) is 11.3 Å². The molecule has 1 saturated heterocycles. The monoisotopic (exact) mass is 409 g/mol. The molecule has 0 saturated carbocycles. The minimum atomic E-state index is -0.497. The van der Waals surface area contributed by atoms with Crippen molar-refractivity contribution < 1.29 is 9.59 Å². The van der Waals surface area contributed by atoms with Crippen LogP contribution >= 0.6 is 23.1 Å². The van der Waals surface area contributed by atoms with Crippen LogP contribution in [0.4, 0.5) is 5.13 Å². The smallest absolute Gasteiger partial charge is 0.255 e. The normalized spacial score (nSPS) is 16.2. The first-order chi connectivity index (χ1) is 13.6. The van der Waals surface area contributed by atoms with E-state index < -0.39 is 6.04 Å². The molecule has 1 aliphatic heterocycles. The molecule has 3 aromatic rings. The van der Waals surface area contributed by atoms with Crippen molar-refractivity contribution in [1.82, 2.24) is 9.88 Å². The zero-order valence-electron chi connectivity index (χ0n) is 15.3. The number of carbonyl (C=O) groups is 2. The van der Waals surface area contributed by atoms with Crippen molar-refractivity contribution in [2.45, 2.75) is 13.0 Å². The summed E-state index contributed by atoms with van der Waals surface area (Å²) in [4.78, 5) is 31.8. The van der Waals surface area contributed by atoms with Gasteiger partial charge in [-0.25, -0.2) is 4.98 Å². The van der Waals surface area contributed by atoms with Crippen LogP contribution < -0.4 is 5.32 Å². The Morgan fingerprint density at radius 2 is 1.86 bits per heavy atom. The first-order valence-corrected chi connectivity index (χ1v) is 10.9. The molecule has 4 rings (SSSR count). The van der Waals surface area contributed by atoms with Crippen molar-refractivity contribution in [2.24, 2.45) is 0 Å². The minimum absolute atomic E-state index is 0.120. The van der Waals surface area contributed by atoms with Crippen molar-refractivity contribution >= 4 is 40.0 Å². The third-order valence-corrected chi connectivity index (χ3v) is 6.39. The summed E-state index contributed by atoms with van der Waals surface area (Å²) in [6.45, 7) is 2.04. The van der Waals surface area contributed by atoms with Gasteiger partial charge in [-0.3, -0.25) is 9.59 Å². The van der Waals surface area contributed by atoms with E-state index in [0.29, 0.717) is 22.3 Å². The number of thiazole rings is 1. The van der Waals surface area contributed by atoms with E-state index in [-0.39, 0.29) is 11.8 Å². The summed E-state index contributed by atoms with van der Waals surface area (Å²) in [5.74, 6) is 0.781. The predicted molar refractivity (Wildman–Crippen MR) is 115 cm³/mol. The predicted octanol–water partition coefficient (Wildman–Crippen LogP) is 4.27. The number of nitrogens with zero attached hydrogens (tertiary/aromatic N) is 2. The second kappa shape index (κ2) is 8.16. The Morgan fingerprint density at radius 1 is 1.11 bits per heavy atom. The van der Waals surface area contributed by atoms with Crippen LogP contribution in [0, 0.1) is 6.92 Å². The highest BCUT2D eigenvalue weighted by Gasteiger charge is 2.35. The lowest BCUT2D eigenvalue weighted by Gasteiger charge is -2.22. The number of nitrogens with one attached hydrogen (secondary N) is 1. The highest BCUT2D eigenvalue weighted by molar-refractivity contribution is 7.99. The molecule has 0 spiro atoms. The van der Waals surface area contributed by atoms with Crippen LogP contribution in [0.1, 0.15) is 15.9 Å². The van der Waals surface area contributed by atoms with Gasteiger partial charge in [-0.15, -0.1) is 23.1 Å². The third kappa shape index (κ3) is 3.81. The van der Waals surface area contributed by atoms with Gasteiger partial charge in [0.15, 0.2) is 5.13 Å². The molecule has 0 bridgehead atoms. The molecule has 0 radical (unpaired) electrons. The molecule has 28 heavy (non-hydrogen) atoms. The Bertz CT molecular complexity index is 1000. The van der Waals surface area contributed by atoms with Crippen LogP contribution in [-0.4, -0.2) is 39.4 Å². The molecule has 5 nitrogen and oxygen atoms in total. The van der Waals surface area contributed by atoms with Crippen molar-refractivity contribution in [1.29, 1.82) is 0 Å². The second-order valence-corrected chi connectivity index (χ2v) is 8.36. The van der Waals surface area contributed by atoms with Gasteiger partial charge in [0, 0.05) is 22.3 Å². The van der Waals surface area contributed by atoms with Gasteiger partial charge in [-0.1, -0.05) is 42.5 Å². The van der Waals surface area contributed by atoms with Gasteiger partial charge in [0.25, 0.3) is 5.91 Å². The van der Waals surface area contributed by atoms with E-state index >= 15 is 0 Å². The van der Waals surface area contributed by atoms with E-state index in [1.54, 1.807) is 28.8 Å². The SMILES string of the molecule is Cc1ccccc1-c1csc(NC(=O)[C@@H]2CSCN2C(=O)c2ccccc2)n1. The molecule has 1 aliphatic rings. The molecule has 1 atom stereocenters. The number of aryl methyl sites for hydroxylation is 1. The molecule has 7 heteroatoms. The molecule has 142 valence electrons. The molecule has 1 N–H and O–H groups in total. The Labute approximate surface area is 171 Å². The van der Waals surface area contributed by atoms with Gasteiger partial charge >= 0.3 is 0 Å². The fourth-order valence-electron chi connectivity index (χ4n) is 3.11. The summed E-state index contributed by atoms with van der Waals surface area (Å²) in [6, 6.07) is 16.6.